The van der Waals surface area contributed by atoms with Crippen LogP contribution in [0.1, 0.15) is 15.9 Å². The lowest BCUT2D eigenvalue weighted by molar-refractivity contribution is 0.112. The van der Waals surface area contributed by atoms with Crippen LogP contribution in [-0.2, 0) is 0 Å². The molecule has 1 aromatic rings. The Balaban J connectivity index is 2.98. The van der Waals surface area contributed by atoms with Gasteiger partial charge in [-0.1, -0.05) is 0 Å². The van der Waals surface area contributed by atoms with E-state index in [1.807, 2.05) is 13.0 Å². The minimum Gasteiger partial charge on any atom is -0.297 e. The lowest BCUT2D eigenvalue weighted by Gasteiger charge is -1.71. The Bertz CT molecular complexity index is 229. The average molecular weight is 127 g/mol. The third kappa shape index (κ3) is 0.954. The van der Waals surface area contributed by atoms with E-state index in [0.29, 0.717) is 4.88 Å². The van der Waals surface area contributed by atoms with Crippen LogP contribution in [0.5, 0.6) is 0 Å². The Kier molecular flexibility index (Phi) is 1.12. The van der Waals surface area contributed by atoms with E-state index in [-0.39, 0.29) is 0 Å². The van der Waals surface area contributed by atoms with Crippen LogP contribution in [0.15, 0.2) is 12.1 Å². The van der Waals surface area contributed by atoms with Crippen LogP contribution in [0.4, 0.5) is 0 Å². The van der Waals surface area contributed by atoms with Crippen molar-refractivity contribution in [3.63, 3.8) is 0 Å². The quantitative estimate of drug-likeness (QED) is 0.526. The number of carbonyl (C=O) groups is 1. The van der Waals surface area contributed by atoms with Gasteiger partial charge in [-0.05, 0) is 19.1 Å². The summed E-state index contributed by atoms with van der Waals surface area (Å²) in [5, 5.41) is 0. The van der Waals surface area contributed by atoms with Gasteiger partial charge in [-0.15, -0.1) is 11.3 Å². The maximum atomic E-state index is 10.3. The van der Waals surface area contributed by atoms with Gasteiger partial charge in [-0.2, -0.15) is 0 Å². The Hall–Kier alpha value is -0.630. The predicted octanol–water partition coefficient (Wildman–Crippen LogP) is 1.87. The fourth-order valence-corrected chi connectivity index (χ4v) is 1.15. The maximum absolute atomic E-state index is 10.3. The zero-order valence-electron chi connectivity index (χ0n) is 5.47. The number of rotatable bonds is 1. The van der Waals surface area contributed by atoms with Crippen molar-refractivity contribution in [1.29, 1.82) is 0 Å². The highest BCUT2D eigenvalue weighted by Crippen LogP contribution is 2.11. The number of carbonyl (C=O) groups excluding carboxylic acids is 1. The van der Waals surface area contributed by atoms with E-state index in [2.05, 4.69) is 0 Å². The topological polar surface area (TPSA) is 17.1 Å². The van der Waals surface area contributed by atoms with E-state index in [9.17, 15) is 4.79 Å². The van der Waals surface area contributed by atoms with Gasteiger partial charge in [0.05, 0.1) is 4.88 Å². The molecule has 0 fully saturated rings. The summed E-state index contributed by atoms with van der Waals surface area (Å²) in [6.07, 6.45) is -0.590. The second-order valence-electron chi connectivity index (χ2n) is 1.51. The number of hydrogen-bond acceptors (Lipinski definition) is 2. The SMILES string of the molecule is [2H]C(=O)c1ccc(C)s1. The summed E-state index contributed by atoms with van der Waals surface area (Å²) >= 11 is 1.36. The van der Waals surface area contributed by atoms with Crippen molar-refractivity contribution in [2.75, 3.05) is 0 Å². The number of hydrogen-bond donors (Lipinski definition) is 0. The summed E-state index contributed by atoms with van der Waals surface area (Å²) in [6.45, 7) is 1.91. The van der Waals surface area contributed by atoms with Crippen LogP contribution < -0.4 is 0 Å². The average Bonchev–Trinajstić information content (AvgIpc) is 2.14. The molecule has 0 bridgehead atoms. The van der Waals surface area contributed by atoms with E-state index in [1.54, 1.807) is 6.07 Å². The number of aryl methyl sites for hydroxylation is 1. The van der Waals surface area contributed by atoms with Gasteiger partial charge in [0, 0.05) is 4.88 Å². The van der Waals surface area contributed by atoms with Crippen molar-refractivity contribution in [1.82, 2.24) is 0 Å². The molecule has 0 spiro atoms. The van der Waals surface area contributed by atoms with Crippen molar-refractivity contribution < 1.29 is 6.17 Å². The van der Waals surface area contributed by atoms with Crippen molar-refractivity contribution in [3.05, 3.63) is 21.9 Å². The number of thiophene rings is 1. The van der Waals surface area contributed by atoms with Gasteiger partial charge in [0.2, 0.25) is 0 Å². The zero-order valence-corrected chi connectivity index (χ0v) is 5.29. The molecule has 0 aliphatic carbocycles. The molecule has 0 atom stereocenters. The first-order chi connectivity index (χ1) is 4.20. The van der Waals surface area contributed by atoms with Crippen LogP contribution >= 0.6 is 11.3 Å². The Labute approximate surface area is 53.4 Å². The molecule has 42 valence electrons. The first kappa shape index (κ1) is 4.27. The van der Waals surface area contributed by atoms with Crippen molar-refractivity contribution in [2.24, 2.45) is 0 Å². The highest BCUT2D eigenvalue weighted by atomic mass is 32.1. The third-order valence-electron chi connectivity index (χ3n) is 0.841. The molecule has 0 amide bonds. The molecule has 0 saturated heterocycles. The van der Waals surface area contributed by atoms with Crippen molar-refractivity contribution in [2.45, 2.75) is 6.92 Å². The highest BCUT2D eigenvalue weighted by Gasteiger charge is 1.90. The molecule has 8 heavy (non-hydrogen) atoms. The monoisotopic (exact) mass is 127 g/mol. The minimum absolute atomic E-state index is 0.521. The minimum atomic E-state index is -0.590. The summed E-state index contributed by atoms with van der Waals surface area (Å²) in [4.78, 5) is 11.9. The van der Waals surface area contributed by atoms with Gasteiger partial charge in [0.15, 0.2) is 6.26 Å². The normalized spacial score (nSPS) is 10.9. The maximum Gasteiger partial charge on any atom is 0.160 e. The van der Waals surface area contributed by atoms with Crippen LogP contribution in [0.2, 0.25) is 0 Å². The summed E-state index contributed by atoms with van der Waals surface area (Å²) in [7, 11) is 0. The molecule has 0 aromatic carbocycles. The van der Waals surface area contributed by atoms with E-state index in [4.69, 9.17) is 1.37 Å². The summed E-state index contributed by atoms with van der Waals surface area (Å²) < 4.78 is 6.70. The van der Waals surface area contributed by atoms with Crippen LogP contribution in [0.25, 0.3) is 0 Å². The molecule has 1 aromatic heterocycles. The standard InChI is InChI=1S/C6H6OS/c1-5-2-3-6(4-7)8-5/h2-4H,1H3/i4D. The molecule has 2 heteroatoms. The lowest BCUT2D eigenvalue weighted by atomic mass is 10.5. The molecule has 1 heterocycles. The van der Waals surface area contributed by atoms with Gasteiger partial charge in [-0.25, -0.2) is 0 Å². The Morgan fingerprint density at radius 3 is 2.88 bits per heavy atom. The molecule has 0 unspecified atom stereocenters. The molecule has 0 N–H and O–H groups in total. The second kappa shape index (κ2) is 2.09. The lowest BCUT2D eigenvalue weighted by Crippen LogP contribution is -1.61. The number of aldehydes is 1. The summed E-state index contributed by atoms with van der Waals surface area (Å²) in [5.41, 5.74) is 0. The molecular weight excluding hydrogens is 120 g/mol. The van der Waals surface area contributed by atoms with E-state index in [0.717, 1.165) is 4.88 Å². The molecule has 1 rings (SSSR count). The molecular formula is C6H6OS. The van der Waals surface area contributed by atoms with Gasteiger partial charge < -0.3 is 0 Å². The first-order valence-electron chi connectivity index (χ1n) is 2.77. The molecule has 1 nitrogen and oxygen atoms in total. The smallest absolute Gasteiger partial charge is 0.160 e. The van der Waals surface area contributed by atoms with Gasteiger partial charge in [0.1, 0.15) is 1.37 Å². The highest BCUT2D eigenvalue weighted by molar-refractivity contribution is 7.13. The summed E-state index contributed by atoms with van der Waals surface area (Å²) in [6, 6.07) is 3.52. The van der Waals surface area contributed by atoms with Crippen LogP contribution in [-0.4, -0.2) is 6.26 Å². The van der Waals surface area contributed by atoms with E-state index >= 15 is 0 Å². The van der Waals surface area contributed by atoms with Crippen molar-refractivity contribution in [3.8, 4) is 0 Å². The van der Waals surface area contributed by atoms with Gasteiger partial charge in [0.25, 0.3) is 0 Å². The predicted molar refractivity (Wildman–Crippen MR) is 34.4 cm³/mol. The second-order valence-corrected chi connectivity index (χ2v) is 2.80. The first-order valence-corrected chi connectivity index (χ1v) is 3.09. The van der Waals surface area contributed by atoms with Gasteiger partial charge in [-0.3, -0.25) is 4.79 Å². The van der Waals surface area contributed by atoms with Crippen LogP contribution in [0.3, 0.4) is 0 Å². The largest absolute Gasteiger partial charge is 0.297 e. The fourth-order valence-electron chi connectivity index (χ4n) is 0.489. The molecule has 0 radical (unpaired) electrons. The molecule has 0 aliphatic rings. The molecule has 0 saturated carbocycles. The van der Waals surface area contributed by atoms with Crippen molar-refractivity contribution >= 4 is 17.6 Å². The van der Waals surface area contributed by atoms with Crippen LogP contribution in [0, 0.1) is 6.92 Å². The summed E-state index contributed by atoms with van der Waals surface area (Å²) in [5.74, 6) is 0. The van der Waals surface area contributed by atoms with Gasteiger partial charge >= 0.3 is 0 Å². The van der Waals surface area contributed by atoms with E-state index < -0.39 is 6.26 Å². The van der Waals surface area contributed by atoms with E-state index in [1.165, 1.54) is 11.3 Å². The Morgan fingerprint density at radius 1 is 1.88 bits per heavy atom. The Morgan fingerprint density at radius 2 is 2.62 bits per heavy atom. The molecule has 0 aliphatic heterocycles. The third-order valence-corrected chi connectivity index (χ3v) is 1.74. The fraction of sp³-hybridized carbons (Fsp3) is 0.167. The zero-order chi connectivity index (χ0) is 6.85.